The van der Waals surface area contributed by atoms with Gasteiger partial charge in [-0.3, -0.25) is 0 Å². The summed E-state index contributed by atoms with van der Waals surface area (Å²) in [6.45, 7) is 3.95. The maximum Gasteiger partial charge on any atom is 0.148 e. The molecule has 0 fully saturated rings. The van der Waals surface area contributed by atoms with Gasteiger partial charge in [0.15, 0.2) is 0 Å². The molecule has 0 N–H and O–H groups in total. The van der Waals surface area contributed by atoms with Crippen LogP contribution in [0.15, 0.2) is 54.7 Å². The molecule has 24 heavy (non-hydrogen) atoms. The highest BCUT2D eigenvalue weighted by atomic mass is 15.2. The number of aromatic nitrogens is 4. The maximum atomic E-state index is 4.72. The molecular formula is C20H18N4. The summed E-state index contributed by atoms with van der Waals surface area (Å²) in [4.78, 5) is 4.72. The zero-order chi connectivity index (χ0) is 16.7. The van der Waals surface area contributed by atoms with Crippen molar-refractivity contribution in [2.24, 2.45) is 7.05 Å². The number of aryl methyl sites for hydroxylation is 3. The SMILES string of the molecule is Cc1ccc(-c2nnc(C)nc2-c2cn(C)c3ccccc23)cc1. The van der Waals surface area contributed by atoms with Crippen molar-refractivity contribution >= 4 is 10.9 Å². The van der Waals surface area contributed by atoms with Crippen LogP contribution in [0.25, 0.3) is 33.4 Å². The van der Waals surface area contributed by atoms with Crippen LogP contribution in [-0.2, 0) is 7.05 Å². The minimum Gasteiger partial charge on any atom is -0.350 e. The topological polar surface area (TPSA) is 43.6 Å². The zero-order valence-electron chi connectivity index (χ0n) is 14.0. The normalized spacial score (nSPS) is 11.1. The summed E-state index contributed by atoms with van der Waals surface area (Å²) < 4.78 is 2.13. The van der Waals surface area contributed by atoms with Crippen LogP contribution >= 0.6 is 0 Å². The lowest BCUT2D eigenvalue weighted by Crippen LogP contribution is -1.99. The smallest absolute Gasteiger partial charge is 0.148 e. The first-order chi connectivity index (χ1) is 11.6. The van der Waals surface area contributed by atoms with Crippen LogP contribution in [0.5, 0.6) is 0 Å². The molecule has 0 unspecified atom stereocenters. The highest BCUT2D eigenvalue weighted by Gasteiger charge is 2.16. The van der Waals surface area contributed by atoms with Gasteiger partial charge in [-0.1, -0.05) is 48.0 Å². The lowest BCUT2D eigenvalue weighted by atomic mass is 10.0. The van der Waals surface area contributed by atoms with Crippen LogP contribution in [0.2, 0.25) is 0 Å². The van der Waals surface area contributed by atoms with Gasteiger partial charge < -0.3 is 4.57 Å². The predicted octanol–water partition coefficient (Wildman–Crippen LogP) is 4.31. The second-order valence-corrected chi connectivity index (χ2v) is 6.09. The summed E-state index contributed by atoms with van der Waals surface area (Å²) >= 11 is 0. The van der Waals surface area contributed by atoms with Crippen LogP contribution in [-0.4, -0.2) is 19.7 Å². The molecule has 0 radical (unpaired) electrons. The Morgan fingerprint density at radius 2 is 1.58 bits per heavy atom. The quantitative estimate of drug-likeness (QED) is 0.553. The molecule has 4 aromatic rings. The fourth-order valence-electron chi connectivity index (χ4n) is 3.03. The van der Waals surface area contributed by atoms with Crippen molar-refractivity contribution in [3.8, 4) is 22.5 Å². The molecule has 0 aliphatic rings. The standard InChI is InChI=1S/C20H18N4/c1-13-8-10-15(11-9-13)19-20(21-14(2)22-23-19)17-12-24(3)18-7-5-4-6-16(17)18/h4-12H,1-3H3. The van der Waals surface area contributed by atoms with Crippen molar-refractivity contribution in [1.82, 2.24) is 19.7 Å². The van der Waals surface area contributed by atoms with E-state index < -0.39 is 0 Å². The van der Waals surface area contributed by atoms with E-state index in [1.807, 2.05) is 6.92 Å². The summed E-state index contributed by atoms with van der Waals surface area (Å²) in [6, 6.07) is 16.7. The van der Waals surface area contributed by atoms with E-state index in [2.05, 4.69) is 83.5 Å². The highest BCUT2D eigenvalue weighted by molar-refractivity contribution is 5.98. The first-order valence-electron chi connectivity index (χ1n) is 7.96. The summed E-state index contributed by atoms with van der Waals surface area (Å²) in [7, 11) is 2.05. The average molecular weight is 314 g/mol. The number of hydrogen-bond acceptors (Lipinski definition) is 3. The Kier molecular flexibility index (Phi) is 3.38. The van der Waals surface area contributed by atoms with Gasteiger partial charge in [-0.05, 0) is 19.9 Å². The zero-order valence-corrected chi connectivity index (χ0v) is 14.0. The minimum atomic E-state index is 0.675. The first-order valence-corrected chi connectivity index (χ1v) is 7.96. The van der Waals surface area contributed by atoms with Crippen LogP contribution in [0.4, 0.5) is 0 Å². The van der Waals surface area contributed by atoms with E-state index in [1.165, 1.54) is 16.5 Å². The Labute approximate surface area is 140 Å². The van der Waals surface area contributed by atoms with Crippen molar-refractivity contribution in [3.63, 3.8) is 0 Å². The summed E-state index contributed by atoms with van der Waals surface area (Å²) in [5, 5.41) is 9.81. The van der Waals surface area contributed by atoms with E-state index in [0.29, 0.717) is 5.82 Å². The molecule has 4 heteroatoms. The van der Waals surface area contributed by atoms with Crippen molar-refractivity contribution in [1.29, 1.82) is 0 Å². The van der Waals surface area contributed by atoms with Gasteiger partial charge in [0, 0.05) is 35.3 Å². The van der Waals surface area contributed by atoms with Crippen molar-refractivity contribution < 1.29 is 0 Å². The molecule has 0 spiro atoms. The molecule has 0 saturated carbocycles. The van der Waals surface area contributed by atoms with Crippen molar-refractivity contribution in [2.45, 2.75) is 13.8 Å². The molecule has 0 saturated heterocycles. The molecule has 4 nitrogen and oxygen atoms in total. The third kappa shape index (κ3) is 2.36. The Morgan fingerprint density at radius 3 is 2.38 bits per heavy atom. The Morgan fingerprint density at radius 1 is 0.833 bits per heavy atom. The third-order valence-electron chi connectivity index (χ3n) is 4.27. The number of para-hydroxylation sites is 1. The second kappa shape index (κ2) is 5.57. The second-order valence-electron chi connectivity index (χ2n) is 6.09. The maximum absolute atomic E-state index is 4.72. The van der Waals surface area contributed by atoms with Gasteiger partial charge in [0.2, 0.25) is 0 Å². The number of fused-ring (bicyclic) bond motifs is 1. The molecule has 0 aliphatic heterocycles. The van der Waals surface area contributed by atoms with Gasteiger partial charge in [0.25, 0.3) is 0 Å². The van der Waals surface area contributed by atoms with E-state index in [-0.39, 0.29) is 0 Å². The fraction of sp³-hybridized carbons (Fsp3) is 0.150. The molecule has 0 aliphatic carbocycles. The summed E-state index contributed by atoms with van der Waals surface area (Å²) in [5.41, 5.74) is 6.21. The highest BCUT2D eigenvalue weighted by Crippen LogP contribution is 2.34. The van der Waals surface area contributed by atoms with Crippen LogP contribution < -0.4 is 0 Å². The third-order valence-corrected chi connectivity index (χ3v) is 4.27. The van der Waals surface area contributed by atoms with E-state index >= 15 is 0 Å². The largest absolute Gasteiger partial charge is 0.350 e. The molecule has 0 amide bonds. The van der Waals surface area contributed by atoms with Gasteiger partial charge in [0.1, 0.15) is 17.2 Å². The Balaban J connectivity index is 2.00. The van der Waals surface area contributed by atoms with Gasteiger partial charge in [-0.25, -0.2) is 4.98 Å². The Bertz CT molecular complexity index is 1030. The molecule has 2 aromatic carbocycles. The molecule has 4 rings (SSSR count). The number of hydrogen-bond donors (Lipinski definition) is 0. The van der Waals surface area contributed by atoms with E-state index in [9.17, 15) is 0 Å². The molecule has 0 atom stereocenters. The van der Waals surface area contributed by atoms with Crippen molar-refractivity contribution in [3.05, 3.63) is 66.1 Å². The number of rotatable bonds is 2. The molecular weight excluding hydrogens is 296 g/mol. The average Bonchev–Trinajstić information content (AvgIpc) is 2.93. The lowest BCUT2D eigenvalue weighted by molar-refractivity contribution is 0.916. The van der Waals surface area contributed by atoms with Crippen LogP contribution in [0.1, 0.15) is 11.4 Å². The van der Waals surface area contributed by atoms with Gasteiger partial charge in [-0.15, -0.1) is 10.2 Å². The minimum absolute atomic E-state index is 0.675. The van der Waals surface area contributed by atoms with E-state index in [0.717, 1.165) is 22.5 Å². The van der Waals surface area contributed by atoms with Crippen LogP contribution in [0, 0.1) is 13.8 Å². The van der Waals surface area contributed by atoms with Crippen LogP contribution in [0.3, 0.4) is 0 Å². The Hall–Kier alpha value is -3.01. The first kappa shape index (κ1) is 14.6. The molecule has 0 bridgehead atoms. The lowest BCUT2D eigenvalue weighted by Gasteiger charge is -2.08. The van der Waals surface area contributed by atoms with E-state index in [4.69, 9.17) is 4.98 Å². The molecule has 2 aromatic heterocycles. The van der Waals surface area contributed by atoms with E-state index in [1.54, 1.807) is 0 Å². The number of nitrogens with zero attached hydrogens (tertiary/aromatic N) is 4. The summed E-state index contributed by atoms with van der Waals surface area (Å²) in [6.07, 6.45) is 2.12. The number of benzene rings is 2. The van der Waals surface area contributed by atoms with Gasteiger partial charge >= 0.3 is 0 Å². The fourth-order valence-corrected chi connectivity index (χ4v) is 3.03. The predicted molar refractivity (Wildman–Crippen MR) is 96.7 cm³/mol. The summed E-state index contributed by atoms with van der Waals surface area (Å²) in [5.74, 6) is 0.675. The van der Waals surface area contributed by atoms with Gasteiger partial charge in [0.05, 0.1) is 0 Å². The monoisotopic (exact) mass is 314 g/mol. The van der Waals surface area contributed by atoms with Crippen molar-refractivity contribution in [2.75, 3.05) is 0 Å². The molecule has 2 heterocycles. The van der Waals surface area contributed by atoms with Gasteiger partial charge in [-0.2, -0.15) is 0 Å². The molecule has 118 valence electrons.